The van der Waals surface area contributed by atoms with Crippen LogP contribution in [0.4, 0.5) is 0 Å². The molecule has 0 aliphatic carbocycles. The second-order valence-electron chi connectivity index (χ2n) is 4.02. The molecular formula is C11H15NO2S. The van der Waals surface area contributed by atoms with Crippen molar-refractivity contribution in [2.24, 2.45) is 0 Å². The van der Waals surface area contributed by atoms with Gasteiger partial charge in [0.2, 0.25) is 0 Å². The predicted octanol–water partition coefficient (Wildman–Crippen LogP) is 1.09. The van der Waals surface area contributed by atoms with Crippen molar-refractivity contribution in [2.45, 2.75) is 17.7 Å². The van der Waals surface area contributed by atoms with Gasteiger partial charge in [-0.1, -0.05) is 12.1 Å². The second-order valence-corrected chi connectivity index (χ2v) is 6.03. The van der Waals surface area contributed by atoms with Crippen LogP contribution in [0.5, 0.6) is 0 Å². The Morgan fingerprint density at radius 3 is 2.87 bits per heavy atom. The number of benzene rings is 1. The lowest BCUT2D eigenvalue weighted by atomic mass is 9.97. The van der Waals surface area contributed by atoms with Crippen LogP contribution in [-0.4, -0.2) is 27.8 Å². The summed E-state index contributed by atoms with van der Waals surface area (Å²) in [4.78, 5) is 0.530. The van der Waals surface area contributed by atoms with Gasteiger partial charge in [-0.15, -0.1) is 0 Å². The number of fused-ring (bicyclic) bond motifs is 1. The van der Waals surface area contributed by atoms with E-state index in [2.05, 4.69) is 5.32 Å². The van der Waals surface area contributed by atoms with Crippen LogP contribution in [-0.2, 0) is 9.84 Å². The zero-order valence-corrected chi connectivity index (χ0v) is 9.76. The monoisotopic (exact) mass is 225 g/mol. The predicted molar refractivity (Wildman–Crippen MR) is 59.9 cm³/mol. The van der Waals surface area contributed by atoms with E-state index in [-0.39, 0.29) is 11.7 Å². The lowest BCUT2D eigenvalue weighted by molar-refractivity contribution is 0.595. The highest BCUT2D eigenvalue weighted by molar-refractivity contribution is 7.91. The van der Waals surface area contributed by atoms with Crippen molar-refractivity contribution in [1.82, 2.24) is 5.32 Å². The van der Waals surface area contributed by atoms with Gasteiger partial charge in [0.15, 0.2) is 9.84 Å². The zero-order chi connectivity index (χ0) is 11.1. The largest absolute Gasteiger partial charge is 0.319 e. The van der Waals surface area contributed by atoms with Gasteiger partial charge in [-0.3, -0.25) is 0 Å². The molecule has 1 heterocycles. The summed E-state index contributed by atoms with van der Waals surface area (Å²) in [5.74, 6) is 0.352. The molecule has 0 radical (unpaired) electrons. The van der Waals surface area contributed by atoms with Crippen LogP contribution < -0.4 is 5.32 Å². The molecule has 3 nitrogen and oxygen atoms in total. The van der Waals surface area contributed by atoms with Gasteiger partial charge in [0, 0.05) is 12.5 Å². The fraction of sp³-hybridized carbons (Fsp3) is 0.455. The van der Waals surface area contributed by atoms with Gasteiger partial charge in [-0.25, -0.2) is 8.42 Å². The van der Waals surface area contributed by atoms with Gasteiger partial charge in [-0.2, -0.15) is 0 Å². The van der Waals surface area contributed by atoms with Crippen LogP contribution in [0.3, 0.4) is 0 Å². The lowest BCUT2D eigenvalue weighted by Crippen LogP contribution is -2.18. The normalized spacial score (nSPS) is 22.7. The Kier molecular flexibility index (Phi) is 2.56. The number of nitrogens with one attached hydrogen (secondary N) is 1. The third-order valence-corrected chi connectivity index (χ3v) is 4.77. The number of sulfone groups is 1. The van der Waals surface area contributed by atoms with Gasteiger partial charge in [0.25, 0.3) is 0 Å². The summed E-state index contributed by atoms with van der Waals surface area (Å²) in [7, 11) is -1.19. The van der Waals surface area contributed by atoms with E-state index >= 15 is 0 Å². The van der Waals surface area contributed by atoms with Crippen molar-refractivity contribution >= 4 is 9.84 Å². The summed E-state index contributed by atoms with van der Waals surface area (Å²) in [6.07, 6.45) is 0. The third kappa shape index (κ3) is 1.68. The maximum atomic E-state index is 11.9. The Bertz CT molecular complexity index is 479. The van der Waals surface area contributed by atoms with Crippen LogP contribution in [0.15, 0.2) is 23.1 Å². The first kappa shape index (κ1) is 10.6. The average Bonchev–Trinajstić information content (AvgIpc) is 2.41. The van der Waals surface area contributed by atoms with E-state index in [0.717, 1.165) is 17.7 Å². The van der Waals surface area contributed by atoms with E-state index in [1.807, 2.05) is 26.1 Å². The highest BCUT2D eigenvalue weighted by atomic mass is 32.2. The molecule has 0 saturated heterocycles. The van der Waals surface area contributed by atoms with Crippen molar-refractivity contribution in [3.05, 3.63) is 29.3 Å². The molecule has 1 N–H and O–H groups in total. The summed E-state index contributed by atoms with van der Waals surface area (Å²) in [6.45, 7) is 2.69. The summed E-state index contributed by atoms with van der Waals surface area (Å²) >= 11 is 0. The fourth-order valence-corrected chi connectivity index (χ4v) is 4.24. The highest BCUT2D eigenvalue weighted by Gasteiger charge is 2.34. The van der Waals surface area contributed by atoms with Crippen LogP contribution in [0.1, 0.15) is 17.0 Å². The van der Waals surface area contributed by atoms with Crippen molar-refractivity contribution in [3.8, 4) is 0 Å². The van der Waals surface area contributed by atoms with E-state index in [1.165, 1.54) is 0 Å². The topological polar surface area (TPSA) is 46.2 Å². The van der Waals surface area contributed by atoms with E-state index in [0.29, 0.717) is 4.90 Å². The molecule has 1 aromatic rings. The summed E-state index contributed by atoms with van der Waals surface area (Å²) in [6, 6.07) is 5.50. The van der Waals surface area contributed by atoms with Gasteiger partial charge in [0.1, 0.15) is 0 Å². The first-order chi connectivity index (χ1) is 7.06. The number of likely N-dealkylation sites (N-methyl/N-ethyl adjacent to an activating group) is 1. The summed E-state index contributed by atoms with van der Waals surface area (Å²) in [5, 5.41) is 3.05. The zero-order valence-electron chi connectivity index (χ0n) is 8.95. The number of aryl methyl sites for hydroxylation is 1. The molecule has 1 atom stereocenters. The molecule has 2 rings (SSSR count). The highest BCUT2D eigenvalue weighted by Crippen LogP contribution is 2.36. The second kappa shape index (κ2) is 3.61. The van der Waals surface area contributed by atoms with Gasteiger partial charge >= 0.3 is 0 Å². The van der Waals surface area contributed by atoms with Crippen molar-refractivity contribution in [1.29, 1.82) is 0 Å². The van der Waals surface area contributed by atoms with E-state index in [4.69, 9.17) is 0 Å². The average molecular weight is 225 g/mol. The molecule has 0 fully saturated rings. The minimum absolute atomic E-state index is 0.108. The molecule has 1 unspecified atom stereocenters. The van der Waals surface area contributed by atoms with Crippen molar-refractivity contribution < 1.29 is 8.42 Å². The Morgan fingerprint density at radius 2 is 2.20 bits per heavy atom. The van der Waals surface area contributed by atoms with Gasteiger partial charge < -0.3 is 5.32 Å². The fourth-order valence-electron chi connectivity index (χ4n) is 2.29. The molecule has 0 bridgehead atoms. The van der Waals surface area contributed by atoms with E-state index in [9.17, 15) is 8.42 Å². The van der Waals surface area contributed by atoms with Crippen LogP contribution in [0.25, 0.3) is 0 Å². The smallest absolute Gasteiger partial charge is 0.179 e. The molecule has 1 aliphatic rings. The molecule has 0 spiro atoms. The standard InChI is InChI=1S/C11H15NO2S/c1-8-4-3-5-10-11(8)9(6-12-2)7-15(10,13)14/h3-5,9,12H,6-7H2,1-2H3. The third-order valence-electron chi connectivity index (χ3n) is 2.90. The van der Waals surface area contributed by atoms with Crippen LogP contribution in [0.2, 0.25) is 0 Å². The Hall–Kier alpha value is -0.870. The number of rotatable bonds is 2. The number of hydrogen-bond donors (Lipinski definition) is 1. The van der Waals surface area contributed by atoms with Gasteiger partial charge in [-0.05, 0) is 31.2 Å². The van der Waals surface area contributed by atoms with Crippen molar-refractivity contribution in [2.75, 3.05) is 19.3 Å². The first-order valence-electron chi connectivity index (χ1n) is 5.03. The molecule has 1 aromatic carbocycles. The molecule has 82 valence electrons. The molecule has 15 heavy (non-hydrogen) atoms. The minimum atomic E-state index is -3.04. The Morgan fingerprint density at radius 1 is 1.47 bits per heavy atom. The molecule has 1 aliphatic heterocycles. The van der Waals surface area contributed by atoms with Crippen LogP contribution in [0, 0.1) is 6.92 Å². The molecule has 0 aromatic heterocycles. The van der Waals surface area contributed by atoms with E-state index in [1.54, 1.807) is 6.07 Å². The first-order valence-corrected chi connectivity index (χ1v) is 6.68. The Labute approximate surface area is 90.4 Å². The molecule has 4 heteroatoms. The molecule has 0 amide bonds. The summed E-state index contributed by atoms with van der Waals surface area (Å²) in [5.41, 5.74) is 2.08. The Balaban J connectivity index is 2.59. The van der Waals surface area contributed by atoms with Crippen LogP contribution >= 0.6 is 0 Å². The maximum Gasteiger partial charge on any atom is 0.179 e. The lowest BCUT2D eigenvalue weighted by Gasteiger charge is -2.11. The minimum Gasteiger partial charge on any atom is -0.319 e. The van der Waals surface area contributed by atoms with Crippen molar-refractivity contribution in [3.63, 3.8) is 0 Å². The number of hydrogen-bond acceptors (Lipinski definition) is 3. The quantitative estimate of drug-likeness (QED) is 0.819. The molecule has 0 saturated carbocycles. The van der Waals surface area contributed by atoms with E-state index < -0.39 is 9.84 Å². The molecular weight excluding hydrogens is 210 g/mol. The summed E-state index contributed by atoms with van der Waals surface area (Å²) < 4.78 is 23.7. The van der Waals surface area contributed by atoms with Gasteiger partial charge in [0.05, 0.1) is 10.6 Å². The SMILES string of the molecule is CNCC1CS(=O)(=O)c2cccc(C)c21. The maximum absolute atomic E-state index is 11.9.